The van der Waals surface area contributed by atoms with E-state index in [2.05, 4.69) is 6.92 Å². The van der Waals surface area contributed by atoms with Crippen molar-refractivity contribution in [1.82, 2.24) is 4.57 Å². The predicted octanol–water partition coefficient (Wildman–Crippen LogP) is 2.99. The van der Waals surface area contributed by atoms with Crippen molar-refractivity contribution in [3.05, 3.63) is 69.6 Å². The SMILES string of the molecule is CCCc1ccc(C(=O)Cn2cccc(C)c2=O)cc1. The maximum absolute atomic E-state index is 12.2. The topological polar surface area (TPSA) is 39.1 Å². The molecule has 0 atom stereocenters. The summed E-state index contributed by atoms with van der Waals surface area (Å²) in [5.41, 5.74) is 2.43. The van der Waals surface area contributed by atoms with Gasteiger partial charge in [-0.2, -0.15) is 0 Å². The summed E-state index contributed by atoms with van der Waals surface area (Å²) in [6, 6.07) is 11.2. The Morgan fingerprint density at radius 1 is 1.15 bits per heavy atom. The molecule has 0 amide bonds. The highest BCUT2D eigenvalue weighted by atomic mass is 16.1. The Morgan fingerprint density at radius 3 is 2.50 bits per heavy atom. The van der Waals surface area contributed by atoms with Crippen molar-refractivity contribution >= 4 is 5.78 Å². The van der Waals surface area contributed by atoms with E-state index in [1.165, 1.54) is 10.1 Å². The first-order chi connectivity index (χ1) is 9.61. The number of carbonyl (C=O) groups excluding carboxylic acids is 1. The third kappa shape index (κ3) is 3.23. The van der Waals surface area contributed by atoms with E-state index in [4.69, 9.17) is 0 Å². The van der Waals surface area contributed by atoms with Crippen LogP contribution in [0.4, 0.5) is 0 Å². The number of nitrogens with zero attached hydrogens (tertiary/aromatic N) is 1. The monoisotopic (exact) mass is 269 g/mol. The van der Waals surface area contributed by atoms with Gasteiger partial charge in [-0.05, 0) is 25.0 Å². The van der Waals surface area contributed by atoms with Gasteiger partial charge in [0.15, 0.2) is 5.78 Å². The van der Waals surface area contributed by atoms with Gasteiger partial charge in [0.05, 0.1) is 6.54 Å². The lowest BCUT2D eigenvalue weighted by Gasteiger charge is -2.06. The van der Waals surface area contributed by atoms with E-state index >= 15 is 0 Å². The van der Waals surface area contributed by atoms with Crippen LogP contribution in [-0.2, 0) is 13.0 Å². The molecular weight excluding hydrogens is 250 g/mol. The molecule has 1 aromatic heterocycles. The molecule has 0 unspecified atom stereocenters. The first-order valence-corrected chi connectivity index (χ1v) is 6.90. The second-order valence-corrected chi connectivity index (χ2v) is 4.99. The van der Waals surface area contributed by atoms with Gasteiger partial charge in [0.1, 0.15) is 0 Å². The molecule has 0 saturated heterocycles. The van der Waals surface area contributed by atoms with E-state index in [1.54, 1.807) is 25.3 Å². The number of Topliss-reactive ketones (excluding diaryl/α,β-unsaturated/α-hetero) is 1. The quantitative estimate of drug-likeness (QED) is 0.783. The van der Waals surface area contributed by atoms with Gasteiger partial charge in [-0.1, -0.05) is 43.7 Å². The highest BCUT2D eigenvalue weighted by molar-refractivity contribution is 5.95. The number of carbonyl (C=O) groups is 1. The normalized spacial score (nSPS) is 10.5. The summed E-state index contributed by atoms with van der Waals surface area (Å²) < 4.78 is 1.46. The number of pyridine rings is 1. The van der Waals surface area contributed by atoms with Crippen molar-refractivity contribution in [1.29, 1.82) is 0 Å². The molecule has 2 aromatic rings. The van der Waals surface area contributed by atoms with E-state index in [0.717, 1.165) is 12.8 Å². The predicted molar refractivity (Wildman–Crippen MR) is 80.2 cm³/mol. The zero-order valence-corrected chi connectivity index (χ0v) is 11.9. The molecule has 0 radical (unpaired) electrons. The number of rotatable bonds is 5. The summed E-state index contributed by atoms with van der Waals surface area (Å²) in [7, 11) is 0. The van der Waals surface area contributed by atoms with Gasteiger partial charge in [0.25, 0.3) is 5.56 Å². The van der Waals surface area contributed by atoms with Gasteiger partial charge in [-0.3, -0.25) is 9.59 Å². The van der Waals surface area contributed by atoms with Crippen LogP contribution in [-0.4, -0.2) is 10.4 Å². The van der Waals surface area contributed by atoms with Crippen LogP contribution < -0.4 is 5.56 Å². The molecule has 3 nitrogen and oxygen atoms in total. The summed E-state index contributed by atoms with van der Waals surface area (Å²) >= 11 is 0. The molecule has 104 valence electrons. The van der Waals surface area contributed by atoms with Gasteiger partial charge >= 0.3 is 0 Å². The maximum atomic E-state index is 12.2. The molecule has 0 aliphatic heterocycles. The summed E-state index contributed by atoms with van der Waals surface area (Å²) in [6.07, 6.45) is 3.76. The second-order valence-electron chi connectivity index (χ2n) is 4.99. The zero-order chi connectivity index (χ0) is 14.5. The maximum Gasteiger partial charge on any atom is 0.253 e. The molecule has 3 heteroatoms. The van der Waals surface area contributed by atoms with Crippen molar-refractivity contribution in [2.24, 2.45) is 0 Å². The first kappa shape index (κ1) is 14.3. The lowest BCUT2D eigenvalue weighted by Crippen LogP contribution is -2.25. The molecular formula is C17H19NO2. The molecule has 0 N–H and O–H groups in total. The fourth-order valence-electron chi connectivity index (χ4n) is 2.17. The number of aromatic nitrogens is 1. The van der Waals surface area contributed by atoms with E-state index in [-0.39, 0.29) is 17.9 Å². The van der Waals surface area contributed by atoms with Gasteiger partial charge < -0.3 is 4.57 Å². The van der Waals surface area contributed by atoms with Crippen LogP contribution in [0.25, 0.3) is 0 Å². The first-order valence-electron chi connectivity index (χ1n) is 6.90. The summed E-state index contributed by atoms with van der Waals surface area (Å²) in [6.45, 7) is 3.97. The van der Waals surface area contributed by atoms with Crippen LogP contribution in [0.1, 0.15) is 34.8 Å². The van der Waals surface area contributed by atoms with Crippen molar-refractivity contribution in [3.8, 4) is 0 Å². The Labute approximate surface area is 118 Å². The third-order valence-electron chi connectivity index (χ3n) is 3.34. The molecule has 0 aliphatic rings. The number of benzene rings is 1. The largest absolute Gasteiger partial charge is 0.308 e. The lowest BCUT2D eigenvalue weighted by molar-refractivity contribution is 0.0971. The second kappa shape index (κ2) is 6.33. The van der Waals surface area contributed by atoms with E-state index < -0.39 is 0 Å². The van der Waals surface area contributed by atoms with E-state index in [0.29, 0.717) is 11.1 Å². The molecule has 0 fully saturated rings. The molecule has 1 aromatic carbocycles. The molecule has 0 spiro atoms. The standard InChI is InChI=1S/C17H19NO2/c1-3-5-14-7-9-15(10-8-14)16(19)12-18-11-4-6-13(2)17(18)20/h4,6-11H,3,5,12H2,1-2H3. The van der Waals surface area contributed by atoms with Gasteiger partial charge in [-0.25, -0.2) is 0 Å². The molecule has 2 rings (SSSR count). The number of aryl methyl sites for hydroxylation is 2. The van der Waals surface area contributed by atoms with Crippen LogP contribution in [0, 0.1) is 6.92 Å². The summed E-state index contributed by atoms with van der Waals surface area (Å²) in [4.78, 5) is 24.1. The fourth-order valence-corrected chi connectivity index (χ4v) is 2.17. The van der Waals surface area contributed by atoms with Crippen LogP contribution in [0.2, 0.25) is 0 Å². The smallest absolute Gasteiger partial charge is 0.253 e. The Balaban J connectivity index is 2.15. The Hall–Kier alpha value is -2.16. The van der Waals surface area contributed by atoms with Crippen LogP contribution in [0.15, 0.2) is 47.4 Å². The molecule has 0 saturated carbocycles. The van der Waals surface area contributed by atoms with E-state index in [9.17, 15) is 9.59 Å². The summed E-state index contributed by atoms with van der Waals surface area (Å²) in [5, 5.41) is 0. The van der Waals surface area contributed by atoms with Crippen LogP contribution in [0.3, 0.4) is 0 Å². The highest BCUT2D eigenvalue weighted by Crippen LogP contribution is 2.08. The van der Waals surface area contributed by atoms with E-state index in [1.807, 2.05) is 24.3 Å². The average molecular weight is 269 g/mol. The zero-order valence-electron chi connectivity index (χ0n) is 11.9. The van der Waals surface area contributed by atoms with Crippen molar-refractivity contribution < 1.29 is 4.79 Å². The Morgan fingerprint density at radius 2 is 1.85 bits per heavy atom. The minimum Gasteiger partial charge on any atom is -0.308 e. The van der Waals surface area contributed by atoms with Gasteiger partial charge in [0, 0.05) is 17.3 Å². The third-order valence-corrected chi connectivity index (χ3v) is 3.34. The number of ketones is 1. The van der Waals surface area contributed by atoms with Gasteiger partial charge in [0.2, 0.25) is 0 Å². The highest BCUT2D eigenvalue weighted by Gasteiger charge is 2.08. The van der Waals surface area contributed by atoms with Crippen molar-refractivity contribution in [2.75, 3.05) is 0 Å². The van der Waals surface area contributed by atoms with Crippen molar-refractivity contribution in [3.63, 3.8) is 0 Å². The fraction of sp³-hybridized carbons (Fsp3) is 0.294. The number of hydrogen-bond acceptors (Lipinski definition) is 2. The summed E-state index contributed by atoms with van der Waals surface area (Å²) in [5.74, 6) is -0.0410. The minimum absolute atomic E-state index is 0.0410. The Bertz CT molecular complexity index is 653. The van der Waals surface area contributed by atoms with Crippen LogP contribution >= 0.6 is 0 Å². The van der Waals surface area contributed by atoms with Crippen LogP contribution in [0.5, 0.6) is 0 Å². The van der Waals surface area contributed by atoms with Gasteiger partial charge in [-0.15, -0.1) is 0 Å². The molecule has 20 heavy (non-hydrogen) atoms. The molecule has 1 heterocycles. The Kier molecular flexibility index (Phi) is 4.51. The average Bonchev–Trinajstić information content (AvgIpc) is 2.45. The lowest BCUT2D eigenvalue weighted by atomic mass is 10.1. The van der Waals surface area contributed by atoms with Crippen molar-refractivity contribution in [2.45, 2.75) is 33.2 Å². The molecule has 0 bridgehead atoms. The molecule has 0 aliphatic carbocycles. The number of hydrogen-bond donors (Lipinski definition) is 0. The minimum atomic E-state index is -0.108.